The van der Waals surface area contributed by atoms with Crippen molar-refractivity contribution in [3.63, 3.8) is 0 Å². The molecule has 0 spiro atoms. The number of hydrogen-bond donors (Lipinski definition) is 4. The van der Waals surface area contributed by atoms with Crippen LogP contribution in [0.3, 0.4) is 0 Å². The summed E-state index contributed by atoms with van der Waals surface area (Å²) in [5.74, 6) is 0.165. The van der Waals surface area contributed by atoms with E-state index in [1.54, 1.807) is 43.6 Å². The normalized spacial score (nSPS) is 17.7. The van der Waals surface area contributed by atoms with Crippen molar-refractivity contribution in [2.75, 3.05) is 18.8 Å². The van der Waals surface area contributed by atoms with Gasteiger partial charge in [-0.2, -0.15) is 0 Å². The highest BCUT2D eigenvalue weighted by Gasteiger charge is 2.34. The molecule has 0 bridgehead atoms. The summed E-state index contributed by atoms with van der Waals surface area (Å²) in [4.78, 5) is 59.8. The minimum absolute atomic E-state index is 0.133. The summed E-state index contributed by atoms with van der Waals surface area (Å²) in [6.07, 6.45) is 8.56. The van der Waals surface area contributed by atoms with Gasteiger partial charge in [-0.3, -0.25) is 9.59 Å². The minimum atomic E-state index is -1.18. The van der Waals surface area contributed by atoms with Crippen molar-refractivity contribution in [1.82, 2.24) is 25.8 Å². The molecule has 0 radical (unpaired) electrons. The van der Waals surface area contributed by atoms with Gasteiger partial charge in [0.25, 0.3) is 5.91 Å². The number of rotatable bonds is 18. The van der Waals surface area contributed by atoms with Crippen LogP contribution in [-0.2, 0) is 25.5 Å². The lowest BCUT2D eigenvalue weighted by atomic mass is 9.83. The minimum Gasteiger partial charge on any atom is -0.444 e. The van der Waals surface area contributed by atoms with Crippen molar-refractivity contribution in [1.29, 1.82) is 0 Å². The van der Waals surface area contributed by atoms with Gasteiger partial charge in [0.2, 0.25) is 5.91 Å². The first-order valence-corrected chi connectivity index (χ1v) is 21.2. The second-order valence-corrected chi connectivity index (χ2v) is 17.0. The van der Waals surface area contributed by atoms with Crippen LogP contribution < -0.4 is 16.0 Å². The molecule has 0 unspecified atom stereocenters. The second-order valence-electron chi connectivity index (χ2n) is 15.9. The molecular formula is C42H63N5O7S. The number of pyridine rings is 1. The van der Waals surface area contributed by atoms with Crippen LogP contribution in [0.1, 0.15) is 110 Å². The van der Waals surface area contributed by atoms with E-state index >= 15 is 0 Å². The van der Waals surface area contributed by atoms with E-state index in [0.717, 1.165) is 42.7 Å². The molecule has 4 amide bonds. The second kappa shape index (κ2) is 22.6. The standard InChI is InChI=1S/C42H63N5O7S/c1-5-6-19-33(38(49)46-34(28-30-15-9-7-10-16-30)35(48)23-27-55-37-20-13-14-24-43-37)45-39(50)36(29-31-17-11-8-12-18-31)53-41(52)47-25-21-32(22-26-47)44-40(51)54-42(2,3)4/h8,11-14,17-18,20,24,30,32-36,48H,5-7,9-10,15-16,19,21-23,25-29H2,1-4H3,(H,44,51)(H,45,50)(H,46,49)/t33-,34-,35-,36-/m0/s1. The summed E-state index contributed by atoms with van der Waals surface area (Å²) in [5, 5.41) is 21.3. The highest BCUT2D eigenvalue weighted by Crippen LogP contribution is 2.29. The van der Waals surface area contributed by atoms with Crippen molar-refractivity contribution >= 4 is 35.8 Å². The van der Waals surface area contributed by atoms with Gasteiger partial charge >= 0.3 is 12.2 Å². The van der Waals surface area contributed by atoms with Crippen LogP contribution in [0, 0.1) is 5.92 Å². The molecule has 4 atom stereocenters. The fourth-order valence-electron chi connectivity index (χ4n) is 7.13. The number of aliphatic hydroxyl groups is 1. The topological polar surface area (TPSA) is 159 Å². The Hall–Kier alpha value is -3.84. The third kappa shape index (κ3) is 16.0. The molecule has 2 fully saturated rings. The van der Waals surface area contributed by atoms with Crippen LogP contribution in [-0.4, -0.2) is 93.8 Å². The average molecular weight is 782 g/mol. The number of thioether (sulfide) groups is 1. The number of unbranched alkanes of at least 4 members (excludes halogenated alkanes) is 1. The summed E-state index contributed by atoms with van der Waals surface area (Å²) < 4.78 is 11.3. The molecule has 13 heteroatoms. The predicted molar refractivity (Wildman–Crippen MR) is 215 cm³/mol. The Kier molecular flexibility index (Phi) is 18.1. The Morgan fingerprint density at radius 1 is 0.927 bits per heavy atom. The van der Waals surface area contributed by atoms with Gasteiger partial charge in [0.1, 0.15) is 11.6 Å². The summed E-state index contributed by atoms with van der Waals surface area (Å²) >= 11 is 1.57. The monoisotopic (exact) mass is 781 g/mol. The molecule has 2 heterocycles. The third-order valence-electron chi connectivity index (χ3n) is 10.2. The third-order valence-corrected chi connectivity index (χ3v) is 11.1. The van der Waals surface area contributed by atoms with E-state index in [-0.39, 0.29) is 18.4 Å². The number of carbonyl (C=O) groups excluding carboxylic acids is 4. The maximum atomic E-state index is 14.1. The average Bonchev–Trinajstić information content (AvgIpc) is 3.16. The Bertz CT molecular complexity index is 1460. The maximum Gasteiger partial charge on any atom is 0.410 e. The van der Waals surface area contributed by atoms with Gasteiger partial charge < -0.3 is 35.4 Å². The summed E-state index contributed by atoms with van der Waals surface area (Å²) in [7, 11) is 0. The number of alkyl carbamates (subject to hydrolysis) is 1. The van der Waals surface area contributed by atoms with E-state index in [1.807, 2.05) is 55.5 Å². The molecule has 12 nitrogen and oxygen atoms in total. The van der Waals surface area contributed by atoms with Crippen molar-refractivity contribution < 1.29 is 33.8 Å². The van der Waals surface area contributed by atoms with Gasteiger partial charge in [0.15, 0.2) is 6.10 Å². The number of benzene rings is 1. The SMILES string of the molecule is CCCC[C@H](NC(=O)[C@H](Cc1ccccc1)OC(=O)N1CCC(NC(=O)OC(C)(C)C)CC1)C(=O)N[C@@H](CC1CCCCC1)[C@@H](O)CCSc1ccccn1. The summed E-state index contributed by atoms with van der Waals surface area (Å²) in [6.45, 7) is 8.11. The largest absolute Gasteiger partial charge is 0.444 e. The van der Waals surface area contributed by atoms with Gasteiger partial charge in [0.05, 0.1) is 17.2 Å². The molecule has 55 heavy (non-hydrogen) atoms. The Labute approximate surface area is 331 Å². The van der Waals surface area contributed by atoms with Crippen molar-refractivity contribution in [2.24, 2.45) is 5.92 Å². The van der Waals surface area contributed by atoms with Crippen molar-refractivity contribution in [3.8, 4) is 0 Å². The lowest BCUT2D eigenvalue weighted by Gasteiger charge is -2.33. The molecule has 1 aromatic carbocycles. The molecule has 2 aliphatic rings. The number of amides is 4. The Morgan fingerprint density at radius 2 is 1.64 bits per heavy atom. The zero-order valence-corrected chi connectivity index (χ0v) is 34.0. The van der Waals surface area contributed by atoms with E-state index in [0.29, 0.717) is 63.3 Å². The number of hydrogen-bond acceptors (Lipinski definition) is 9. The van der Waals surface area contributed by atoms with Crippen LogP contribution in [0.4, 0.5) is 9.59 Å². The highest BCUT2D eigenvalue weighted by atomic mass is 32.2. The fraction of sp³-hybridized carbons (Fsp3) is 0.643. The number of aromatic nitrogens is 1. The Morgan fingerprint density at radius 3 is 2.29 bits per heavy atom. The summed E-state index contributed by atoms with van der Waals surface area (Å²) in [5.41, 5.74) is 0.196. The van der Waals surface area contributed by atoms with E-state index in [2.05, 4.69) is 20.9 Å². The first kappa shape index (κ1) is 43.9. The number of likely N-dealkylation sites (tertiary alicyclic amines) is 1. The van der Waals surface area contributed by atoms with Crippen LogP contribution in [0.15, 0.2) is 59.8 Å². The predicted octanol–water partition coefficient (Wildman–Crippen LogP) is 6.79. The Balaban J connectivity index is 1.41. The van der Waals surface area contributed by atoms with Crippen LogP contribution in [0.2, 0.25) is 0 Å². The maximum absolute atomic E-state index is 14.1. The quantitative estimate of drug-likeness (QED) is 0.120. The van der Waals surface area contributed by atoms with Crippen molar-refractivity contribution in [2.45, 2.75) is 152 Å². The smallest absolute Gasteiger partial charge is 0.410 e. The van der Waals surface area contributed by atoms with Gasteiger partial charge in [0, 0.05) is 37.5 Å². The van der Waals surface area contributed by atoms with Gasteiger partial charge in [-0.05, 0) is 76.5 Å². The number of nitrogens with one attached hydrogen (secondary N) is 3. The number of piperidine rings is 1. The first-order chi connectivity index (χ1) is 26.4. The lowest BCUT2D eigenvalue weighted by Crippen LogP contribution is -2.55. The van der Waals surface area contributed by atoms with Crippen LogP contribution in [0.5, 0.6) is 0 Å². The van der Waals surface area contributed by atoms with Crippen LogP contribution >= 0.6 is 11.8 Å². The molecule has 1 saturated heterocycles. The zero-order chi connectivity index (χ0) is 39.6. The van der Waals surface area contributed by atoms with E-state index in [9.17, 15) is 24.3 Å². The molecule has 1 aliphatic heterocycles. The van der Waals surface area contributed by atoms with Gasteiger partial charge in [-0.15, -0.1) is 11.8 Å². The van der Waals surface area contributed by atoms with Gasteiger partial charge in [-0.25, -0.2) is 14.6 Å². The molecule has 4 N–H and O–H groups in total. The molecule has 1 aromatic heterocycles. The van der Waals surface area contributed by atoms with Gasteiger partial charge in [-0.1, -0.05) is 88.3 Å². The lowest BCUT2D eigenvalue weighted by molar-refractivity contribution is -0.135. The van der Waals surface area contributed by atoms with Crippen molar-refractivity contribution in [3.05, 3.63) is 60.3 Å². The summed E-state index contributed by atoms with van der Waals surface area (Å²) in [6, 6.07) is 13.6. The number of carbonyl (C=O) groups is 4. The fourth-order valence-corrected chi connectivity index (χ4v) is 8.01. The highest BCUT2D eigenvalue weighted by molar-refractivity contribution is 7.99. The number of aliphatic hydroxyl groups excluding tert-OH is 1. The number of ether oxygens (including phenoxy) is 2. The molecule has 1 saturated carbocycles. The number of nitrogens with zero attached hydrogens (tertiary/aromatic N) is 2. The molecule has 4 rings (SSSR count). The molecular weight excluding hydrogens is 719 g/mol. The van der Waals surface area contributed by atoms with E-state index < -0.39 is 48.0 Å². The van der Waals surface area contributed by atoms with Crippen LogP contribution in [0.25, 0.3) is 0 Å². The zero-order valence-electron chi connectivity index (χ0n) is 33.2. The molecule has 304 valence electrons. The van der Waals surface area contributed by atoms with E-state index in [1.165, 1.54) is 6.42 Å². The van der Waals surface area contributed by atoms with E-state index in [4.69, 9.17) is 9.47 Å². The molecule has 1 aliphatic carbocycles. The first-order valence-electron chi connectivity index (χ1n) is 20.2. The molecule has 2 aromatic rings.